The van der Waals surface area contributed by atoms with Crippen LogP contribution in [0.1, 0.15) is 71.4 Å². The van der Waals surface area contributed by atoms with Gasteiger partial charge in [0.2, 0.25) is 0 Å². The Morgan fingerprint density at radius 1 is 1.05 bits per heavy atom. The van der Waals surface area contributed by atoms with Gasteiger partial charge in [-0.25, -0.2) is 0 Å². The summed E-state index contributed by atoms with van der Waals surface area (Å²) in [7, 11) is 0. The Kier molecular flexibility index (Phi) is 6.06. The third kappa shape index (κ3) is 4.65. The molecule has 1 rings (SSSR count). The van der Waals surface area contributed by atoms with Gasteiger partial charge in [0.25, 0.3) is 0 Å². The maximum Gasteiger partial charge on any atom is 0.0130 e. The highest BCUT2D eigenvalue weighted by atomic mass is 14.9. The van der Waals surface area contributed by atoms with Gasteiger partial charge in [-0.1, -0.05) is 65.8 Å². The van der Waals surface area contributed by atoms with Gasteiger partial charge >= 0.3 is 0 Å². The molecular formula is C18H31N. The zero-order valence-corrected chi connectivity index (χ0v) is 13.6. The zero-order valence-electron chi connectivity index (χ0n) is 13.6. The molecule has 0 aliphatic carbocycles. The van der Waals surface area contributed by atoms with E-state index in [-0.39, 0.29) is 5.41 Å². The Morgan fingerprint density at radius 3 is 2.05 bits per heavy atom. The average molecular weight is 261 g/mol. The van der Waals surface area contributed by atoms with Crippen molar-refractivity contribution in [3.05, 3.63) is 35.4 Å². The summed E-state index contributed by atoms with van der Waals surface area (Å²) in [4.78, 5) is 0. The summed E-state index contributed by atoms with van der Waals surface area (Å²) in [5.74, 6) is 0.575. The Labute approximate surface area is 119 Å². The molecule has 0 saturated carbocycles. The van der Waals surface area contributed by atoms with Crippen molar-refractivity contribution in [1.29, 1.82) is 0 Å². The molecule has 0 radical (unpaired) electrons. The van der Waals surface area contributed by atoms with Crippen LogP contribution in [0, 0.1) is 0 Å². The van der Waals surface area contributed by atoms with Crippen molar-refractivity contribution in [2.75, 3.05) is 6.54 Å². The van der Waals surface area contributed by atoms with E-state index in [9.17, 15) is 0 Å². The summed E-state index contributed by atoms with van der Waals surface area (Å²) in [5.41, 5.74) is 3.10. The molecule has 1 aromatic rings. The van der Waals surface area contributed by atoms with Gasteiger partial charge in [0, 0.05) is 6.04 Å². The van der Waals surface area contributed by atoms with Crippen molar-refractivity contribution in [1.82, 2.24) is 5.32 Å². The number of hydrogen-bond donors (Lipinski definition) is 1. The fraction of sp³-hybridized carbons (Fsp3) is 0.667. The summed E-state index contributed by atoms with van der Waals surface area (Å²) in [6, 6.07) is 9.78. The van der Waals surface area contributed by atoms with E-state index in [2.05, 4.69) is 71.1 Å². The van der Waals surface area contributed by atoms with E-state index in [1.54, 1.807) is 0 Å². The van der Waals surface area contributed by atoms with E-state index >= 15 is 0 Å². The van der Waals surface area contributed by atoms with Crippen LogP contribution < -0.4 is 5.32 Å². The molecule has 1 N–H and O–H groups in total. The average Bonchev–Trinajstić information content (AvgIpc) is 2.38. The molecule has 0 saturated heterocycles. The lowest BCUT2D eigenvalue weighted by molar-refractivity contribution is 0.438. The topological polar surface area (TPSA) is 12.0 Å². The highest BCUT2D eigenvalue weighted by molar-refractivity contribution is 5.30. The van der Waals surface area contributed by atoms with Crippen molar-refractivity contribution in [2.45, 2.75) is 71.8 Å². The largest absolute Gasteiger partial charge is 0.313 e. The Hall–Kier alpha value is -0.820. The quantitative estimate of drug-likeness (QED) is 0.770. The molecule has 0 aliphatic heterocycles. The second-order valence-electron chi connectivity index (χ2n) is 6.63. The molecule has 1 nitrogen and oxygen atoms in total. The zero-order chi connectivity index (χ0) is 14.5. The molecule has 0 aromatic heterocycles. The highest BCUT2D eigenvalue weighted by Crippen LogP contribution is 2.26. The molecule has 0 spiro atoms. The first kappa shape index (κ1) is 16.2. The first-order chi connectivity index (χ1) is 8.90. The molecular weight excluding hydrogens is 230 g/mol. The van der Waals surface area contributed by atoms with Gasteiger partial charge in [-0.05, 0) is 41.8 Å². The molecule has 108 valence electrons. The number of nitrogens with one attached hydrogen (secondary N) is 1. The Morgan fingerprint density at radius 2 is 1.63 bits per heavy atom. The molecule has 1 heteroatoms. The Balaban J connectivity index is 2.78. The minimum Gasteiger partial charge on any atom is -0.313 e. The number of hydrogen-bond acceptors (Lipinski definition) is 1. The predicted octanol–water partition coefficient (Wildman–Crippen LogP) is 4.87. The monoisotopic (exact) mass is 261 g/mol. The summed E-state index contributed by atoms with van der Waals surface area (Å²) in [6.07, 6.45) is 2.38. The third-order valence-electron chi connectivity index (χ3n) is 4.00. The molecule has 0 fully saturated rings. The molecule has 2 unspecified atom stereocenters. The highest BCUT2D eigenvalue weighted by Gasteiger charge is 2.18. The summed E-state index contributed by atoms with van der Waals surface area (Å²) in [6.45, 7) is 14.7. The lowest BCUT2D eigenvalue weighted by atomic mass is 9.84. The van der Waals surface area contributed by atoms with Crippen molar-refractivity contribution >= 4 is 0 Å². The maximum absolute atomic E-state index is 3.66. The van der Waals surface area contributed by atoms with E-state index in [1.165, 1.54) is 24.0 Å². The van der Waals surface area contributed by atoms with Crippen LogP contribution in [0.4, 0.5) is 0 Å². The molecule has 0 aliphatic rings. The van der Waals surface area contributed by atoms with Gasteiger partial charge in [-0.15, -0.1) is 0 Å². The van der Waals surface area contributed by atoms with E-state index in [0.29, 0.717) is 12.0 Å². The van der Waals surface area contributed by atoms with Gasteiger partial charge in [0.1, 0.15) is 0 Å². The lowest BCUT2D eigenvalue weighted by Gasteiger charge is -2.25. The molecule has 19 heavy (non-hydrogen) atoms. The van der Waals surface area contributed by atoms with Gasteiger partial charge in [-0.2, -0.15) is 0 Å². The smallest absolute Gasteiger partial charge is 0.0130 e. The van der Waals surface area contributed by atoms with E-state index < -0.39 is 0 Å². The van der Waals surface area contributed by atoms with Crippen molar-refractivity contribution in [3.63, 3.8) is 0 Å². The van der Waals surface area contributed by atoms with Crippen LogP contribution >= 0.6 is 0 Å². The van der Waals surface area contributed by atoms with E-state index in [1.807, 2.05) is 0 Å². The van der Waals surface area contributed by atoms with E-state index in [0.717, 1.165) is 6.54 Å². The first-order valence-corrected chi connectivity index (χ1v) is 7.74. The van der Waals surface area contributed by atoms with Crippen LogP contribution in [-0.4, -0.2) is 12.6 Å². The van der Waals surface area contributed by atoms with Gasteiger partial charge in [-0.3, -0.25) is 0 Å². The van der Waals surface area contributed by atoms with Crippen molar-refractivity contribution in [3.8, 4) is 0 Å². The third-order valence-corrected chi connectivity index (χ3v) is 4.00. The lowest BCUT2D eigenvalue weighted by Crippen LogP contribution is -2.33. The second kappa shape index (κ2) is 7.09. The minimum absolute atomic E-state index is 0.242. The number of rotatable bonds is 6. The van der Waals surface area contributed by atoms with Crippen LogP contribution in [-0.2, 0) is 5.41 Å². The van der Waals surface area contributed by atoms with Crippen molar-refractivity contribution < 1.29 is 0 Å². The standard InChI is InChI=1S/C18H31N/c1-7-13-19-17(8-2)14(3)15-9-11-16(12-10-15)18(4,5)6/h9-12,14,17,19H,7-8,13H2,1-6H3. The molecule has 0 amide bonds. The molecule has 0 heterocycles. The van der Waals surface area contributed by atoms with Crippen LogP contribution in [0.5, 0.6) is 0 Å². The van der Waals surface area contributed by atoms with Crippen LogP contribution in [0.15, 0.2) is 24.3 Å². The minimum atomic E-state index is 0.242. The molecule has 0 bridgehead atoms. The second-order valence-corrected chi connectivity index (χ2v) is 6.63. The molecule has 2 atom stereocenters. The van der Waals surface area contributed by atoms with Gasteiger partial charge in [0.15, 0.2) is 0 Å². The van der Waals surface area contributed by atoms with Gasteiger partial charge in [0.05, 0.1) is 0 Å². The van der Waals surface area contributed by atoms with Crippen LogP contribution in [0.3, 0.4) is 0 Å². The number of benzene rings is 1. The summed E-state index contributed by atoms with van der Waals surface area (Å²) in [5, 5.41) is 3.66. The summed E-state index contributed by atoms with van der Waals surface area (Å²) >= 11 is 0. The molecule has 1 aromatic carbocycles. The fourth-order valence-electron chi connectivity index (χ4n) is 2.52. The fourth-order valence-corrected chi connectivity index (χ4v) is 2.52. The predicted molar refractivity (Wildman–Crippen MR) is 85.9 cm³/mol. The SMILES string of the molecule is CCCNC(CC)C(C)c1ccc(C(C)(C)C)cc1. The van der Waals surface area contributed by atoms with Crippen LogP contribution in [0.2, 0.25) is 0 Å². The normalized spacial score (nSPS) is 15.3. The van der Waals surface area contributed by atoms with Crippen molar-refractivity contribution in [2.24, 2.45) is 0 Å². The summed E-state index contributed by atoms with van der Waals surface area (Å²) < 4.78 is 0. The Bertz CT molecular complexity index is 358. The van der Waals surface area contributed by atoms with Crippen LogP contribution in [0.25, 0.3) is 0 Å². The maximum atomic E-state index is 3.66. The van der Waals surface area contributed by atoms with E-state index in [4.69, 9.17) is 0 Å². The first-order valence-electron chi connectivity index (χ1n) is 7.74. The van der Waals surface area contributed by atoms with Gasteiger partial charge < -0.3 is 5.32 Å².